The number of aryl methyl sites for hydroxylation is 2. The maximum absolute atomic E-state index is 12.7. The van der Waals surface area contributed by atoms with E-state index >= 15 is 0 Å². The number of benzene rings is 2. The van der Waals surface area contributed by atoms with Crippen LogP contribution in [0, 0.1) is 13.8 Å². The molecule has 6 nitrogen and oxygen atoms in total. The number of rotatable bonds is 6. The van der Waals surface area contributed by atoms with Crippen molar-refractivity contribution in [2.45, 2.75) is 18.7 Å². The topological polar surface area (TPSA) is 88.2 Å². The van der Waals surface area contributed by atoms with Crippen molar-refractivity contribution in [2.75, 3.05) is 10.0 Å². The largest absolute Gasteiger partial charge is 0.321 e. The maximum atomic E-state index is 12.7. The van der Waals surface area contributed by atoms with Gasteiger partial charge >= 0.3 is 0 Å². The highest BCUT2D eigenvalue weighted by Crippen LogP contribution is 2.31. The summed E-state index contributed by atoms with van der Waals surface area (Å²) in [5.74, 6) is -0.245. The molecule has 4 rings (SSSR count). The molecule has 0 unspecified atom stereocenters. The molecule has 1 amide bonds. The van der Waals surface area contributed by atoms with Gasteiger partial charge in [0.15, 0.2) is 0 Å². The van der Waals surface area contributed by atoms with E-state index in [-0.39, 0.29) is 10.8 Å². The summed E-state index contributed by atoms with van der Waals surface area (Å²) in [4.78, 5) is 19.0. The van der Waals surface area contributed by atoms with E-state index in [1.807, 2.05) is 31.4 Å². The van der Waals surface area contributed by atoms with Gasteiger partial charge in [0.2, 0.25) is 0 Å². The van der Waals surface area contributed by atoms with Crippen LogP contribution in [0.3, 0.4) is 0 Å². The van der Waals surface area contributed by atoms with Gasteiger partial charge in [-0.05, 0) is 61.7 Å². The van der Waals surface area contributed by atoms with Crippen LogP contribution in [0.5, 0.6) is 0 Å². The number of nitrogens with zero attached hydrogens (tertiary/aromatic N) is 1. The number of aromatic nitrogens is 1. The van der Waals surface area contributed by atoms with Crippen LogP contribution in [0.1, 0.15) is 20.9 Å². The molecule has 0 aliphatic carbocycles. The van der Waals surface area contributed by atoms with Gasteiger partial charge in [0, 0.05) is 11.4 Å². The lowest BCUT2D eigenvalue weighted by molar-refractivity contribution is 0.103. The molecule has 0 saturated carbocycles. The fourth-order valence-corrected chi connectivity index (χ4v) is 5.67. The summed E-state index contributed by atoms with van der Waals surface area (Å²) in [6.07, 6.45) is 0. The zero-order chi connectivity index (χ0) is 22.0. The molecule has 0 saturated heterocycles. The van der Waals surface area contributed by atoms with Crippen LogP contribution < -0.4 is 10.0 Å². The Balaban J connectivity index is 1.45. The Bertz CT molecular complexity index is 1310. The van der Waals surface area contributed by atoms with Crippen LogP contribution in [0.25, 0.3) is 9.88 Å². The molecule has 0 spiro atoms. The van der Waals surface area contributed by atoms with Crippen molar-refractivity contribution >= 4 is 50.0 Å². The highest BCUT2D eigenvalue weighted by Gasteiger charge is 2.17. The second-order valence-electron chi connectivity index (χ2n) is 6.86. The van der Waals surface area contributed by atoms with Crippen LogP contribution in [-0.2, 0) is 10.0 Å². The SMILES string of the molecule is Cc1ccc(S(=O)(=O)Nc2ccc(NC(=O)c3sc(-c4cccs4)nc3C)cc2)cc1. The summed E-state index contributed by atoms with van der Waals surface area (Å²) in [7, 11) is -3.68. The number of anilines is 2. The number of sulfonamides is 1. The van der Waals surface area contributed by atoms with Gasteiger partial charge in [-0.2, -0.15) is 0 Å². The standard InChI is InChI=1S/C22H19N3O3S3/c1-14-5-11-18(12-6-14)31(27,28)25-17-9-7-16(8-10-17)24-21(26)20-15(2)23-22(30-20)19-4-3-13-29-19/h3-13,25H,1-2H3,(H,24,26). The average molecular weight is 470 g/mol. The molecule has 2 aromatic heterocycles. The van der Waals surface area contributed by atoms with Gasteiger partial charge < -0.3 is 5.32 Å². The molecular weight excluding hydrogens is 450 g/mol. The molecular formula is C22H19N3O3S3. The van der Waals surface area contributed by atoms with Crippen molar-refractivity contribution < 1.29 is 13.2 Å². The van der Waals surface area contributed by atoms with Gasteiger partial charge in [0.25, 0.3) is 15.9 Å². The number of thiophene rings is 1. The molecule has 0 bridgehead atoms. The lowest BCUT2D eigenvalue weighted by Gasteiger charge is -2.10. The molecule has 31 heavy (non-hydrogen) atoms. The molecule has 0 atom stereocenters. The summed E-state index contributed by atoms with van der Waals surface area (Å²) in [5.41, 5.74) is 2.63. The first-order chi connectivity index (χ1) is 14.8. The Kier molecular flexibility index (Phi) is 5.90. The van der Waals surface area contributed by atoms with E-state index < -0.39 is 10.0 Å². The lowest BCUT2D eigenvalue weighted by Crippen LogP contribution is -2.13. The molecule has 0 aliphatic rings. The summed E-state index contributed by atoms with van der Waals surface area (Å²) in [6, 6.07) is 17.1. The van der Waals surface area contributed by atoms with Crippen molar-refractivity contribution in [3.8, 4) is 9.88 Å². The number of carbonyl (C=O) groups excluding carboxylic acids is 1. The van der Waals surface area contributed by atoms with E-state index in [1.54, 1.807) is 59.9 Å². The smallest absolute Gasteiger partial charge is 0.267 e. The molecule has 2 heterocycles. The zero-order valence-corrected chi connectivity index (χ0v) is 19.2. The maximum Gasteiger partial charge on any atom is 0.267 e. The van der Waals surface area contributed by atoms with Gasteiger partial charge in [-0.3, -0.25) is 9.52 Å². The molecule has 9 heteroatoms. The van der Waals surface area contributed by atoms with Gasteiger partial charge in [0.05, 0.1) is 15.5 Å². The summed E-state index contributed by atoms with van der Waals surface area (Å²) in [5, 5.41) is 5.63. The molecule has 158 valence electrons. The van der Waals surface area contributed by atoms with Crippen molar-refractivity contribution in [2.24, 2.45) is 0 Å². The number of thiazole rings is 1. The second kappa shape index (κ2) is 8.62. The van der Waals surface area contributed by atoms with Gasteiger partial charge in [-0.1, -0.05) is 23.8 Å². The van der Waals surface area contributed by atoms with Crippen molar-refractivity contribution in [3.05, 3.63) is 82.2 Å². The predicted octanol–water partition coefficient (Wildman–Crippen LogP) is 5.54. The normalized spacial score (nSPS) is 11.3. The van der Waals surface area contributed by atoms with Crippen molar-refractivity contribution in [1.29, 1.82) is 0 Å². The minimum atomic E-state index is -3.68. The van der Waals surface area contributed by atoms with E-state index in [0.29, 0.717) is 21.9 Å². The molecule has 0 fully saturated rings. The van der Waals surface area contributed by atoms with E-state index in [4.69, 9.17) is 0 Å². The molecule has 0 aliphatic heterocycles. The lowest BCUT2D eigenvalue weighted by atomic mass is 10.2. The van der Waals surface area contributed by atoms with Crippen LogP contribution in [-0.4, -0.2) is 19.3 Å². The Morgan fingerprint density at radius 1 is 0.935 bits per heavy atom. The first-order valence-electron chi connectivity index (χ1n) is 9.34. The van der Waals surface area contributed by atoms with E-state index in [0.717, 1.165) is 15.4 Å². The average Bonchev–Trinajstić information content (AvgIpc) is 3.39. The van der Waals surface area contributed by atoms with Crippen molar-refractivity contribution in [3.63, 3.8) is 0 Å². The monoisotopic (exact) mass is 469 g/mol. The van der Waals surface area contributed by atoms with Gasteiger partial charge in [-0.25, -0.2) is 13.4 Å². The van der Waals surface area contributed by atoms with E-state index in [2.05, 4.69) is 15.0 Å². The summed E-state index contributed by atoms with van der Waals surface area (Å²) < 4.78 is 27.6. The van der Waals surface area contributed by atoms with Crippen molar-refractivity contribution in [1.82, 2.24) is 4.98 Å². The summed E-state index contributed by atoms with van der Waals surface area (Å²) in [6.45, 7) is 3.71. The Morgan fingerprint density at radius 3 is 2.26 bits per heavy atom. The molecule has 2 aromatic carbocycles. The van der Waals surface area contributed by atoms with Gasteiger partial charge in [0.1, 0.15) is 9.88 Å². The zero-order valence-electron chi connectivity index (χ0n) is 16.7. The Labute approximate surface area is 188 Å². The number of hydrogen-bond acceptors (Lipinski definition) is 6. The fraction of sp³-hybridized carbons (Fsp3) is 0.0909. The third-order valence-electron chi connectivity index (χ3n) is 4.46. The minimum Gasteiger partial charge on any atom is -0.321 e. The van der Waals surface area contributed by atoms with Crippen LogP contribution in [0.4, 0.5) is 11.4 Å². The number of carbonyl (C=O) groups is 1. The quantitative estimate of drug-likeness (QED) is 0.388. The van der Waals surface area contributed by atoms with Crippen LogP contribution in [0.15, 0.2) is 70.9 Å². The van der Waals surface area contributed by atoms with E-state index in [1.165, 1.54) is 11.3 Å². The number of amides is 1. The van der Waals surface area contributed by atoms with Crippen LogP contribution in [0.2, 0.25) is 0 Å². The minimum absolute atomic E-state index is 0.192. The fourth-order valence-electron chi connectivity index (χ4n) is 2.85. The molecule has 0 radical (unpaired) electrons. The highest BCUT2D eigenvalue weighted by molar-refractivity contribution is 7.92. The molecule has 4 aromatic rings. The van der Waals surface area contributed by atoms with Crippen LogP contribution >= 0.6 is 22.7 Å². The third-order valence-corrected chi connectivity index (χ3v) is 8.05. The Hall–Kier alpha value is -3.01. The third kappa shape index (κ3) is 4.84. The Morgan fingerprint density at radius 2 is 1.61 bits per heavy atom. The summed E-state index contributed by atoms with van der Waals surface area (Å²) >= 11 is 2.93. The number of hydrogen-bond donors (Lipinski definition) is 2. The second-order valence-corrected chi connectivity index (χ2v) is 10.5. The molecule has 2 N–H and O–H groups in total. The highest BCUT2D eigenvalue weighted by atomic mass is 32.2. The number of nitrogens with one attached hydrogen (secondary N) is 2. The first kappa shape index (κ1) is 21.2. The van der Waals surface area contributed by atoms with Gasteiger partial charge in [-0.15, -0.1) is 22.7 Å². The first-order valence-corrected chi connectivity index (χ1v) is 12.5. The predicted molar refractivity (Wildman–Crippen MR) is 127 cm³/mol. The van der Waals surface area contributed by atoms with E-state index in [9.17, 15) is 13.2 Å².